The van der Waals surface area contributed by atoms with Crippen molar-refractivity contribution in [3.8, 4) is 11.8 Å². The molecule has 0 unspecified atom stereocenters. The van der Waals surface area contributed by atoms with Crippen LogP contribution in [-0.2, 0) is 9.53 Å². The first-order valence-electron chi connectivity index (χ1n) is 6.53. The zero-order chi connectivity index (χ0) is 14.8. The van der Waals surface area contributed by atoms with E-state index in [4.69, 9.17) is 22.1 Å². The van der Waals surface area contributed by atoms with E-state index < -0.39 is 0 Å². The van der Waals surface area contributed by atoms with E-state index in [1.165, 1.54) is 0 Å². The monoisotopic (exact) mass is 294 g/mol. The maximum absolute atomic E-state index is 11.7. The summed E-state index contributed by atoms with van der Waals surface area (Å²) in [5, 5.41) is 3.35. The molecule has 0 atom stereocenters. The lowest BCUT2D eigenvalue weighted by Gasteiger charge is -2.06. The molecule has 20 heavy (non-hydrogen) atoms. The SMILES string of the molecule is CCOCCCC(=O)Nc1ccc(Cl)c(C#CCN)c1. The summed E-state index contributed by atoms with van der Waals surface area (Å²) >= 11 is 6.01. The second kappa shape index (κ2) is 9.38. The van der Waals surface area contributed by atoms with Crippen molar-refractivity contribution in [2.45, 2.75) is 19.8 Å². The highest BCUT2D eigenvalue weighted by molar-refractivity contribution is 6.31. The van der Waals surface area contributed by atoms with Crippen LogP contribution in [0.25, 0.3) is 0 Å². The van der Waals surface area contributed by atoms with Crippen molar-refractivity contribution in [1.29, 1.82) is 0 Å². The molecule has 0 bridgehead atoms. The third-order valence-electron chi connectivity index (χ3n) is 2.47. The molecule has 108 valence electrons. The lowest BCUT2D eigenvalue weighted by molar-refractivity contribution is -0.116. The molecule has 5 heteroatoms. The van der Waals surface area contributed by atoms with Gasteiger partial charge in [0.05, 0.1) is 11.6 Å². The third kappa shape index (κ3) is 6.07. The van der Waals surface area contributed by atoms with Crippen LogP contribution >= 0.6 is 11.6 Å². The average molecular weight is 295 g/mol. The number of carbonyl (C=O) groups is 1. The molecule has 0 heterocycles. The summed E-state index contributed by atoms with van der Waals surface area (Å²) in [6, 6.07) is 5.19. The van der Waals surface area contributed by atoms with Gasteiger partial charge in [-0.1, -0.05) is 23.4 Å². The zero-order valence-corrected chi connectivity index (χ0v) is 12.3. The van der Waals surface area contributed by atoms with Gasteiger partial charge in [0.25, 0.3) is 0 Å². The Morgan fingerprint density at radius 3 is 3.00 bits per heavy atom. The first kappa shape index (κ1) is 16.5. The number of hydrogen-bond donors (Lipinski definition) is 2. The van der Waals surface area contributed by atoms with Gasteiger partial charge in [0.2, 0.25) is 5.91 Å². The van der Waals surface area contributed by atoms with Crippen LogP contribution in [0.5, 0.6) is 0 Å². The van der Waals surface area contributed by atoms with Crippen LogP contribution < -0.4 is 11.1 Å². The zero-order valence-electron chi connectivity index (χ0n) is 11.5. The molecule has 4 nitrogen and oxygen atoms in total. The first-order valence-corrected chi connectivity index (χ1v) is 6.91. The number of rotatable bonds is 6. The molecular formula is C15H19ClN2O2. The predicted molar refractivity (Wildman–Crippen MR) is 81.7 cm³/mol. The minimum atomic E-state index is -0.0511. The fourth-order valence-electron chi connectivity index (χ4n) is 1.55. The number of carbonyl (C=O) groups excluding carboxylic acids is 1. The fourth-order valence-corrected chi connectivity index (χ4v) is 1.71. The van der Waals surface area contributed by atoms with Crippen molar-refractivity contribution in [3.63, 3.8) is 0 Å². The van der Waals surface area contributed by atoms with Gasteiger partial charge in [0, 0.05) is 30.9 Å². The van der Waals surface area contributed by atoms with E-state index in [2.05, 4.69) is 17.2 Å². The Kier molecular flexibility index (Phi) is 7.74. The van der Waals surface area contributed by atoms with Gasteiger partial charge < -0.3 is 15.8 Å². The fraction of sp³-hybridized carbons (Fsp3) is 0.400. The third-order valence-corrected chi connectivity index (χ3v) is 2.80. The average Bonchev–Trinajstić information content (AvgIpc) is 2.44. The maximum atomic E-state index is 11.7. The van der Waals surface area contributed by atoms with E-state index in [0.29, 0.717) is 42.3 Å². The smallest absolute Gasteiger partial charge is 0.224 e. The second-order valence-corrected chi connectivity index (χ2v) is 4.46. The van der Waals surface area contributed by atoms with Crippen LogP contribution in [0.2, 0.25) is 5.02 Å². The molecule has 0 radical (unpaired) electrons. The first-order chi connectivity index (χ1) is 9.67. The molecule has 0 saturated heterocycles. The normalized spacial score (nSPS) is 9.75. The Hall–Kier alpha value is -1.54. The van der Waals surface area contributed by atoms with Crippen LogP contribution in [0.4, 0.5) is 5.69 Å². The molecule has 0 aliphatic heterocycles. The summed E-state index contributed by atoms with van der Waals surface area (Å²) in [6.07, 6.45) is 1.12. The largest absolute Gasteiger partial charge is 0.382 e. The van der Waals surface area contributed by atoms with Crippen LogP contribution in [0.1, 0.15) is 25.3 Å². The number of anilines is 1. The minimum absolute atomic E-state index is 0.0511. The van der Waals surface area contributed by atoms with Crippen LogP contribution in [-0.4, -0.2) is 25.7 Å². The Morgan fingerprint density at radius 2 is 2.30 bits per heavy atom. The highest BCUT2D eigenvalue weighted by atomic mass is 35.5. The van der Waals surface area contributed by atoms with E-state index in [9.17, 15) is 4.79 Å². The summed E-state index contributed by atoms with van der Waals surface area (Å²) in [5.74, 6) is 5.56. The van der Waals surface area contributed by atoms with E-state index in [1.54, 1.807) is 18.2 Å². The van der Waals surface area contributed by atoms with E-state index in [-0.39, 0.29) is 12.5 Å². The number of amides is 1. The Morgan fingerprint density at radius 1 is 1.50 bits per heavy atom. The van der Waals surface area contributed by atoms with Gasteiger partial charge in [-0.2, -0.15) is 0 Å². The van der Waals surface area contributed by atoms with Gasteiger partial charge in [-0.15, -0.1) is 0 Å². The lowest BCUT2D eigenvalue weighted by Crippen LogP contribution is -2.12. The molecule has 1 rings (SSSR count). The topological polar surface area (TPSA) is 64.3 Å². The summed E-state index contributed by atoms with van der Waals surface area (Å²) in [7, 11) is 0. The highest BCUT2D eigenvalue weighted by Gasteiger charge is 2.04. The number of benzene rings is 1. The van der Waals surface area contributed by atoms with Gasteiger partial charge in [0.1, 0.15) is 0 Å². The van der Waals surface area contributed by atoms with Crippen molar-refractivity contribution in [3.05, 3.63) is 28.8 Å². The standard InChI is InChI=1S/C15H19ClN2O2/c1-2-20-10-4-6-15(19)18-13-7-8-14(16)12(11-13)5-3-9-17/h7-8,11H,2,4,6,9-10,17H2,1H3,(H,18,19). The van der Waals surface area contributed by atoms with Gasteiger partial charge in [-0.25, -0.2) is 0 Å². The van der Waals surface area contributed by atoms with E-state index in [0.717, 1.165) is 0 Å². The van der Waals surface area contributed by atoms with Crippen LogP contribution in [0.15, 0.2) is 18.2 Å². The molecule has 3 N–H and O–H groups in total. The Bertz CT molecular complexity index is 506. The predicted octanol–water partition coefficient (Wildman–Crippen LogP) is 2.41. The van der Waals surface area contributed by atoms with Crippen molar-refractivity contribution >= 4 is 23.2 Å². The molecule has 1 aromatic carbocycles. The maximum Gasteiger partial charge on any atom is 0.224 e. The number of nitrogens with two attached hydrogens (primary N) is 1. The van der Waals surface area contributed by atoms with Gasteiger partial charge in [0.15, 0.2) is 0 Å². The molecule has 1 amide bonds. The quantitative estimate of drug-likeness (QED) is 0.625. The molecule has 0 aliphatic rings. The molecule has 0 aliphatic carbocycles. The minimum Gasteiger partial charge on any atom is -0.382 e. The van der Waals surface area contributed by atoms with Gasteiger partial charge >= 0.3 is 0 Å². The van der Waals surface area contributed by atoms with Gasteiger partial charge in [-0.3, -0.25) is 4.79 Å². The number of halogens is 1. The summed E-state index contributed by atoms with van der Waals surface area (Å²) < 4.78 is 5.19. The van der Waals surface area contributed by atoms with E-state index in [1.807, 2.05) is 6.92 Å². The van der Waals surface area contributed by atoms with Crippen molar-refractivity contribution in [1.82, 2.24) is 0 Å². The molecule has 0 spiro atoms. The van der Waals surface area contributed by atoms with Crippen molar-refractivity contribution in [2.24, 2.45) is 5.73 Å². The lowest BCUT2D eigenvalue weighted by atomic mass is 10.2. The van der Waals surface area contributed by atoms with Crippen molar-refractivity contribution in [2.75, 3.05) is 25.1 Å². The summed E-state index contributed by atoms with van der Waals surface area (Å²) in [6.45, 7) is 3.46. The number of nitrogens with one attached hydrogen (secondary N) is 1. The Balaban J connectivity index is 2.57. The number of ether oxygens (including phenoxy) is 1. The molecule has 0 fully saturated rings. The van der Waals surface area contributed by atoms with Crippen LogP contribution in [0.3, 0.4) is 0 Å². The summed E-state index contributed by atoms with van der Waals surface area (Å²) in [5.41, 5.74) is 6.66. The molecule has 0 aromatic heterocycles. The van der Waals surface area contributed by atoms with Crippen molar-refractivity contribution < 1.29 is 9.53 Å². The van der Waals surface area contributed by atoms with E-state index >= 15 is 0 Å². The number of hydrogen-bond acceptors (Lipinski definition) is 3. The van der Waals surface area contributed by atoms with Gasteiger partial charge in [-0.05, 0) is 31.5 Å². The molecule has 0 saturated carbocycles. The van der Waals surface area contributed by atoms with Crippen LogP contribution in [0, 0.1) is 11.8 Å². The second-order valence-electron chi connectivity index (χ2n) is 4.05. The summed E-state index contributed by atoms with van der Waals surface area (Å²) in [4.78, 5) is 11.7. The highest BCUT2D eigenvalue weighted by Crippen LogP contribution is 2.19. The molecular weight excluding hydrogens is 276 g/mol. The molecule has 1 aromatic rings. The Labute approximate surface area is 124 Å².